The van der Waals surface area contributed by atoms with Crippen molar-refractivity contribution in [2.24, 2.45) is 5.92 Å². The molecule has 0 atom stereocenters. The normalized spacial score (nSPS) is 15.1. The molecule has 28 heavy (non-hydrogen) atoms. The van der Waals surface area contributed by atoms with E-state index in [0.29, 0.717) is 43.3 Å². The van der Waals surface area contributed by atoms with Crippen LogP contribution in [0.1, 0.15) is 18.4 Å². The van der Waals surface area contributed by atoms with Crippen molar-refractivity contribution in [3.63, 3.8) is 0 Å². The molecule has 1 fully saturated rings. The molecule has 2 aromatic heterocycles. The highest BCUT2D eigenvalue weighted by Gasteiger charge is 2.33. The number of halogens is 5. The van der Waals surface area contributed by atoms with Gasteiger partial charge in [0.05, 0.1) is 22.5 Å². The van der Waals surface area contributed by atoms with Gasteiger partial charge in [0.25, 0.3) is 0 Å². The van der Waals surface area contributed by atoms with Crippen molar-refractivity contribution >= 4 is 47.2 Å². The summed E-state index contributed by atoms with van der Waals surface area (Å²) in [5.74, 6) is 0.313. The number of nitrogens with zero attached hydrogens (tertiary/aromatic N) is 3. The van der Waals surface area contributed by atoms with Crippen LogP contribution in [-0.2, 0) is 11.0 Å². The number of piperidine rings is 1. The van der Waals surface area contributed by atoms with Crippen LogP contribution in [0.4, 0.5) is 30.5 Å². The number of nitrogen functional groups attached to an aromatic ring is 1. The molecule has 0 unspecified atom stereocenters. The van der Waals surface area contributed by atoms with Crippen molar-refractivity contribution in [1.29, 1.82) is 0 Å². The number of hydrogen-bond acceptors (Lipinski definition) is 5. The molecule has 0 spiro atoms. The first kappa shape index (κ1) is 22.0. The number of amides is 1. The van der Waals surface area contributed by atoms with Gasteiger partial charge in [-0.15, -0.1) is 12.4 Å². The Hall–Kier alpha value is -2.26. The maximum atomic E-state index is 12.7. The lowest BCUT2D eigenvalue weighted by molar-refractivity contribution is -0.137. The van der Waals surface area contributed by atoms with Crippen LogP contribution in [0.2, 0.25) is 5.02 Å². The van der Waals surface area contributed by atoms with Crippen molar-refractivity contribution in [2.75, 3.05) is 29.0 Å². The molecule has 152 valence electrons. The third kappa shape index (κ3) is 5.17. The highest BCUT2D eigenvalue weighted by molar-refractivity contribution is 6.33. The summed E-state index contributed by atoms with van der Waals surface area (Å²) in [5.41, 5.74) is 5.18. The minimum atomic E-state index is -4.49. The second-order valence-corrected chi connectivity index (χ2v) is 6.66. The maximum absolute atomic E-state index is 12.7. The molecule has 3 N–H and O–H groups in total. The number of alkyl halides is 3. The van der Waals surface area contributed by atoms with E-state index in [1.54, 1.807) is 17.0 Å². The lowest BCUT2D eigenvalue weighted by Gasteiger charge is -2.32. The number of carbonyl (C=O) groups is 1. The Balaban J connectivity index is 0.00000280. The highest BCUT2D eigenvalue weighted by atomic mass is 35.5. The zero-order chi connectivity index (χ0) is 19.6. The fourth-order valence-electron chi connectivity index (χ4n) is 2.90. The van der Waals surface area contributed by atoms with Gasteiger partial charge in [-0.2, -0.15) is 13.2 Å². The average molecular weight is 436 g/mol. The van der Waals surface area contributed by atoms with Gasteiger partial charge in [0, 0.05) is 25.2 Å². The van der Waals surface area contributed by atoms with E-state index < -0.39 is 11.7 Å². The zero-order valence-corrected chi connectivity index (χ0v) is 16.1. The monoisotopic (exact) mass is 435 g/mol. The number of anilines is 3. The van der Waals surface area contributed by atoms with Crippen molar-refractivity contribution in [2.45, 2.75) is 19.0 Å². The third-order valence-corrected chi connectivity index (χ3v) is 4.65. The van der Waals surface area contributed by atoms with Gasteiger partial charge in [0.1, 0.15) is 11.6 Å². The van der Waals surface area contributed by atoms with Crippen LogP contribution in [0.5, 0.6) is 0 Å². The predicted octanol–water partition coefficient (Wildman–Crippen LogP) is 4.01. The lowest BCUT2D eigenvalue weighted by atomic mass is 9.96. The lowest BCUT2D eigenvalue weighted by Crippen LogP contribution is -2.38. The molecule has 1 aliphatic rings. The second kappa shape index (κ2) is 8.83. The van der Waals surface area contributed by atoms with Crippen LogP contribution >= 0.6 is 24.0 Å². The molecule has 0 aliphatic carbocycles. The van der Waals surface area contributed by atoms with Crippen LogP contribution in [0.3, 0.4) is 0 Å². The van der Waals surface area contributed by atoms with Crippen LogP contribution in [0.25, 0.3) is 0 Å². The number of carbonyl (C=O) groups excluding carboxylic acids is 1. The highest BCUT2D eigenvalue weighted by Crippen LogP contribution is 2.34. The first-order chi connectivity index (χ1) is 12.7. The van der Waals surface area contributed by atoms with Crippen molar-refractivity contribution < 1.29 is 18.0 Å². The van der Waals surface area contributed by atoms with Gasteiger partial charge in [-0.05, 0) is 31.0 Å². The number of nitrogens with one attached hydrogen (secondary N) is 1. The number of nitrogens with two attached hydrogens (primary N) is 1. The number of rotatable bonds is 3. The molecule has 6 nitrogen and oxygen atoms in total. The zero-order valence-electron chi connectivity index (χ0n) is 14.5. The summed E-state index contributed by atoms with van der Waals surface area (Å²) in [7, 11) is 0. The molecule has 1 aliphatic heterocycles. The topological polar surface area (TPSA) is 84.1 Å². The molecule has 3 heterocycles. The average Bonchev–Trinajstić information content (AvgIpc) is 2.63. The van der Waals surface area contributed by atoms with E-state index in [-0.39, 0.29) is 29.3 Å². The molecule has 0 radical (unpaired) electrons. The van der Waals surface area contributed by atoms with E-state index in [1.807, 2.05) is 0 Å². The van der Waals surface area contributed by atoms with E-state index in [0.717, 1.165) is 12.3 Å². The summed E-state index contributed by atoms with van der Waals surface area (Å²) >= 11 is 5.99. The fourth-order valence-corrected chi connectivity index (χ4v) is 3.18. The molecular weight excluding hydrogens is 418 g/mol. The van der Waals surface area contributed by atoms with Crippen LogP contribution in [0, 0.1) is 5.92 Å². The van der Waals surface area contributed by atoms with E-state index in [2.05, 4.69) is 15.3 Å². The third-order valence-electron chi connectivity index (χ3n) is 4.37. The van der Waals surface area contributed by atoms with Gasteiger partial charge >= 0.3 is 6.18 Å². The van der Waals surface area contributed by atoms with Crippen molar-refractivity contribution in [1.82, 2.24) is 9.97 Å². The Morgan fingerprint density at radius 3 is 2.43 bits per heavy atom. The molecule has 0 aromatic carbocycles. The minimum absolute atomic E-state index is 0. The van der Waals surface area contributed by atoms with E-state index in [4.69, 9.17) is 17.3 Å². The summed E-state index contributed by atoms with van der Waals surface area (Å²) in [5, 5.41) is 2.73. The molecule has 1 amide bonds. The Labute approximate surface area is 170 Å². The van der Waals surface area contributed by atoms with E-state index >= 15 is 0 Å². The summed E-state index contributed by atoms with van der Waals surface area (Å²) < 4.78 is 38.1. The summed E-state index contributed by atoms with van der Waals surface area (Å²) in [6.45, 7) is 0.937. The van der Waals surface area contributed by atoms with Gasteiger partial charge in [-0.3, -0.25) is 4.79 Å². The first-order valence-corrected chi connectivity index (χ1v) is 8.62. The van der Waals surface area contributed by atoms with E-state index in [9.17, 15) is 18.0 Å². The minimum Gasteiger partial charge on any atom is -0.384 e. The van der Waals surface area contributed by atoms with Gasteiger partial charge in [-0.25, -0.2) is 9.97 Å². The van der Waals surface area contributed by atoms with Gasteiger partial charge in [-0.1, -0.05) is 11.6 Å². The molecule has 2 aromatic rings. The van der Waals surface area contributed by atoms with Crippen molar-refractivity contribution in [3.8, 4) is 0 Å². The fraction of sp³-hybridized carbons (Fsp3) is 0.353. The Morgan fingerprint density at radius 2 is 1.89 bits per heavy atom. The smallest absolute Gasteiger partial charge is 0.384 e. The number of hydrogen-bond donors (Lipinski definition) is 2. The number of pyridine rings is 2. The first-order valence-electron chi connectivity index (χ1n) is 8.24. The standard InChI is InChI=1S/C17H17ClF3N5O.ClH/c18-13-7-11(17(19,20)21)8-24-15(13)26-5-3-10(4-6-26)16(27)25-12-1-2-14(22)23-9-12;/h1-2,7-10H,3-6H2,(H2,22,23)(H,25,27);1H. The second-order valence-electron chi connectivity index (χ2n) is 6.25. The van der Waals surface area contributed by atoms with Crippen LogP contribution in [-0.4, -0.2) is 29.0 Å². The van der Waals surface area contributed by atoms with Crippen LogP contribution in [0.15, 0.2) is 30.6 Å². The van der Waals surface area contributed by atoms with Crippen molar-refractivity contribution in [3.05, 3.63) is 41.2 Å². The quantitative estimate of drug-likeness (QED) is 0.760. The maximum Gasteiger partial charge on any atom is 0.417 e. The Morgan fingerprint density at radius 1 is 1.21 bits per heavy atom. The van der Waals surface area contributed by atoms with Gasteiger partial charge in [0.2, 0.25) is 5.91 Å². The molecule has 0 saturated carbocycles. The Bertz CT molecular complexity index is 825. The van der Waals surface area contributed by atoms with Gasteiger partial charge < -0.3 is 16.0 Å². The summed E-state index contributed by atoms with van der Waals surface area (Å²) in [4.78, 5) is 21.9. The SMILES string of the molecule is Cl.Nc1ccc(NC(=O)C2CCN(c3ncc(C(F)(F)F)cc3Cl)CC2)cn1. The molecule has 11 heteroatoms. The van der Waals surface area contributed by atoms with Crippen LogP contribution < -0.4 is 16.0 Å². The molecule has 0 bridgehead atoms. The largest absolute Gasteiger partial charge is 0.417 e. The number of aromatic nitrogens is 2. The Kier molecular flexibility index (Phi) is 6.95. The summed E-state index contributed by atoms with van der Waals surface area (Å²) in [6.07, 6.45) is -1.17. The van der Waals surface area contributed by atoms with E-state index in [1.165, 1.54) is 6.20 Å². The molecular formula is C17H18Cl2F3N5O. The summed E-state index contributed by atoms with van der Waals surface area (Å²) in [6, 6.07) is 4.13. The molecule has 3 rings (SSSR count). The van der Waals surface area contributed by atoms with Gasteiger partial charge in [0.15, 0.2) is 0 Å². The predicted molar refractivity (Wildman–Crippen MR) is 104 cm³/mol. The molecule has 1 saturated heterocycles.